The number of thiocarbonyl (C=S) groups is 1. The van der Waals surface area contributed by atoms with Gasteiger partial charge in [-0.1, -0.05) is 12.6 Å². The molecule has 0 aliphatic rings. The molecule has 0 saturated carbocycles. The van der Waals surface area contributed by atoms with Crippen molar-refractivity contribution in [3.05, 3.63) is 0 Å². The Morgan fingerprint density at radius 3 is 2.00 bits per heavy atom. The van der Waals surface area contributed by atoms with Crippen molar-refractivity contribution < 1.29 is 5.11 Å². The number of aliphatic hydroxyl groups is 1. The highest BCUT2D eigenvalue weighted by atomic mass is 32.1. The van der Waals surface area contributed by atoms with Gasteiger partial charge in [-0.2, -0.15) is 0 Å². The van der Waals surface area contributed by atoms with E-state index in [1.54, 1.807) is 0 Å². The molecular weight excluding hydrogens is 92.1 g/mol. The zero-order valence-corrected chi connectivity index (χ0v) is 3.51. The van der Waals surface area contributed by atoms with Gasteiger partial charge in [-0.25, -0.2) is 0 Å². The Morgan fingerprint density at radius 1 is 2.00 bits per heavy atom. The Kier molecular flexibility index (Phi) is 1.64. The molecule has 0 unspecified atom stereocenters. The predicted molar refractivity (Wildman–Crippen MR) is 24.2 cm³/mol. The van der Waals surface area contributed by atoms with Crippen molar-refractivity contribution in [2.24, 2.45) is 0 Å². The van der Waals surface area contributed by atoms with Gasteiger partial charge in [0.15, 0.2) is 0 Å². The molecule has 0 radical (unpaired) electrons. The molecule has 1 nitrogen and oxygen atoms in total. The molecule has 1 N–H and O–H groups in total. The van der Waals surface area contributed by atoms with Gasteiger partial charge < -0.3 is 5.11 Å². The van der Waals surface area contributed by atoms with Gasteiger partial charge in [0.1, 0.15) is 0 Å². The second-order valence-corrected chi connectivity index (χ2v) is 1.40. The van der Waals surface area contributed by atoms with Gasteiger partial charge in [0.05, 0.1) is 0 Å². The van der Waals surface area contributed by atoms with E-state index >= 15 is 0 Å². The summed E-state index contributed by atoms with van der Waals surface area (Å²) in [6.45, 7) is 0. The minimum Gasteiger partial charge on any atom is -0.494 e. The van der Waals surface area contributed by atoms with Crippen molar-refractivity contribution in [1.29, 1.82) is 0 Å². The zero-order valence-electron chi connectivity index (χ0n) is 1.80. The van der Waals surface area contributed by atoms with Crippen LogP contribution < -0.4 is 0 Å². The normalized spacial score (nSPS) is 6.25. The molecular formula is CH2OS2. The van der Waals surface area contributed by atoms with Gasteiger partial charge in [-0.15, -0.1) is 0 Å². The van der Waals surface area contributed by atoms with Crippen molar-refractivity contribution in [2.45, 2.75) is 0 Å². The first kappa shape index (κ1) is 4.24. The topological polar surface area (TPSA) is 20.2 Å². The maximum Gasteiger partial charge on any atom is 0.214 e. The number of thiol groups is 1. The summed E-state index contributed by atoms with van der Waals surface area (Å²) >= 11 is 7.21. The van der Waals surface area contributed by atoms with Crippen molar-refractivity contribution >= 4 is 29.2 Å². The van der Waals surface area contributed by atoms with Crippen LogP contribution in [0.15, 0.2) is 0 Å². The number of aliphatic hydroxyl groups excluding tert-OH is 1. The highest BCUT2D eigenvalue weighted by molar-refractivity contribution is 8.10. The number of rotatable bonds is 0. The molecule has 4 heavy (non-hydrogen) atoms. The van der Waals surface area contributed by atoms with E-state index in [2.05, 4.69) is 24.8 Å². The third kappa shape index (κ3) is 59.8. The fraction of sp³-hybridized carbons (Fsp3) is 0. The molecule has 0 spiro atoms. The first-order chi connectivity index (χ1) is 1.73. The van der Waals surface area contributed by atoms with Crippen LogP contribution in [0, 0.1) is 0 Å². The molecule has 0 aliphatic carbocycles. The molecule has 0 aromatic heterocycles. The van der Waals surface area contributed by atoms with Crippen LogP contribution >= 0.6 is 24.8 Å². The Hall–Kier alpha value is 0.240. The lowest BCUT2D eigenvalue weighted by molar-refractivity contribution is 0.586. The Balaban J connectivity index is 2.80. The standard InChI is InChI=1S/CH2OS2/c2-1(3)4/h(H2,2,3,4). The predicted octanol–water partition coefficient (Wildman–Crippen LogP) is 0.759. The largest absolute Gasteiger partial charge is 0.494 e. The van der Waals surface area contributed by atoms with Crippen molar-refractivity contribution in [2.75, 3.05) is 0 Å². The van der Waals surface area contributed by atoms with Crippen LogP contribution in [-0.2, 0) is 0 Å². The highest BCUT2D eigenvalue weighted by Gasteiger charge is 1.59. The van der Waals surface area contributed by atoms with E-state index < -0.39 is 0 Å². The quantitative estimate of drug-likeness (QED) is 0.341. The Labute approximate surface area is 35.0 Å². The van der Waals surface area contributed by atoms with Crippen LogP contribution in [0.5, 0.6) is 0 Å². The summed E-state index contributed by atoms with van der Waals surface area (Å²) < 4.78 is -0.306. The Morgan fingerprint density at radius 2 is 2.00 bits per heavy atom. The maximum absolute atomic E-state index is 7.65. The van der Waals surface area contributed by atoms with Crippen LogP contribution in [-0.4, -0.2) is 9.49 Å². The first-order valence-electron chi connectivity index (χ1n) is 0.651. The molecule has 0 aromatic carbocycles. The molecule has 3 heteroatoms. The SMILES string of the molecule is OC(=S)S. The van der Waals surface area contributed by atoms with Crippen LogP contribution in [0.3, 0.4) is 0 Å². The van der Waals surface area contributed by atoms with E-state index in [9.17, 15) is 0 Å². The summed E-state index contributed by atoms with van der Waals surface area (Å²) in [7, 11) is 0. The fourth-order valence-corrected chi connectivity index (χ4v) is 0. The van der Waals surface area contributed by atoms with Gasteiger partial charge in [-0.05, 0) is 12.2 Å². The maximum atomic E-state index is 7.65. The van der Waals surface area contributed by atoms with Crippen LogP contribution in [0.25, 0.3) is 0 Å². The lowest BCUT2D eigenvalue weighted by Gasteiger charge is -1.63. The summed E-state index contributed by atoms with van der Waals surface area (Å²) in [5.41, 5.74) is 0. The smallest absolute Gasteiger partial charge is 0.214 e. The van der Waals surface area contributed by atoms with Crippen molar-refractivity contribution in [1.82, 2.24) is 0 Å². The first-order valence-corrected chi connectivity index (χ1v) is 1.51. The third-order valence-corrected chi connectivity index (χ3v) is 0. The van der Waals surface area contributed by atoms with Gasteiger partial charge >= 0.3 is 0 Å². The minimum absolute atomic E-state index is 0.306. The molecule has 0 aliphatic heterocycles. The van der Waals surface area contributed by atoms with E-state index in [1.165, 1.54) is 0 Å². The molecule has 0 aromatic rings. The monoisotopic (exact) mass is 94.0 g/mol. The van der Waals surface area contributed by atoms with Crippen LogP contribution in [0.1, 0.15) is 0 Å². The van der Waals surface area contributed by atoms with E-state index in [1.807, 2.05) is 0 Å². The van der Waals surface area contributed by atoms with Gasteiger partial charge in [-0.3, -0.25) is 0 Å². The molecule has 0 bridgehead atoms. The van der Waals surface area contributed by atoms with E-state index in [4.69, 9.17) is 5.11 Å². The molecule has 24 valence electrons. The van der Waals surface area contributed by atoms with Crippen LogP contribution in [0.2, 0.25) is 0 Å². The van der Waals surface area contributed by atoms with E-state index in [0.717, 1.165) is 0 Å². The number of hydrogen-bond acceptors (Lipinski definition) is 1. The van der Waals surface area contributed by atoms with Crippen LogP contribution in [0.4, 0.5) is 0 Å². The molecule has 0 amide bonds. The zero-order chi connectivity index (χ0) is 3.58. The minimum atomic E-state index is -0.306. The van der Waals surface area contributed by atoms with Crippen molar-refractivity contribution in [3.8, 4) is 0 Å². The number of hydrogen-bond donors (Lipinski definition) is 2. The third-order valence-electron chi connectivity index (χ3n) is 0. The lowest BCUT2D eigenvalue weighted by Crippen LogP contribution is -1.66. The van der Waals surface area contributed by atoms with Gasteiger partial charge in [0, 0.05) is 0 Å². The summed E-state index contributed by atoms with van der Waals surface area (Å²) in [6, 6.07) is 0. The summed E-state index contributed by atoms with van der Waals surface area (Å²) in [5, 5.41) is 7.65. The van der Waals surface area contributed by atoms with E-state index in [-0.39, 0.29) is 4.38 Å². The highest BCUT2D eigenvalue weighted by Crippen LogP contribution is 1.68. The molecule has 0 heterocycles. The lowest BCUT2D eigenvalue weighted by atomic mass is 11.7. The summed E-state index contributed by atoms with van der Waals surface area (Å²) in [5.74, 6) is 0. The average molecular weight is 94.2 g/mol. The molecule has 0 atom stereocenters. The second-order valence-electron chi connectivity index (χ2n) is 0.283. The molecule has 0 rings (SSSR count). The van der Waals surface area contributed by atoms with E-state index in [0.29, 0.717) is 0 Å². The second kappa shape index (κ2) is 1.55. The molecule has 0 fully saturated rings. The van der Waals surface area contributed by atoms with Gasteiger partial charge in [0.2, 0.25) is 4.38 Å². The Bertz CT molecular complexity index is 29.0. The molecule has 0 saturated heterocycles. The average Bonchev–Trinajstić information content (AvgIpc) is 0.811. The summed E-state index contributed by atoms with van der Waals surface area (Å²) in [4.78, 5) is 0. The van der Waals surface area contributed by atoms with Crippen molar-refractivity contribution in [3.63, 3.8) is 0 Å². The fourth-order valence-electron chi connectivity index (χ4n) is 0. The summed E-state index contributed by atoms with van der Waals surface area (Å²) in [6.07, 6.45) is 0. The van der Waals surface area contributed by atoms with Gasteiger partial charge in [0.25, 0.3) is 0 Å².